The summed E-state index contributed by atoms with van der Waals surface area (Å²) < 4.78 is 6.88. The van der Waals surface area contributed by atoms with E-state index < -0.39 is 0 Å². The fourth-order valence-corrected chi connectivity index (χ4v) is 2.69. The van der Waals surface area contributed by atoms with E-state index in [2.05, 4.69) is 15.3 Å². The number of hydrogen-bond acceptors (Lipinski definition) is 4. The first kappa shape index (κ1) is 17.5. The van der Waals surface area contributed by atoms with Crippen molar-refractivity contribution in [1.29, 1.82) is 0 Å². The van der Waals surface area contributed by atoms with Crippen molar-refractivity contribution in [3.8, 4) is 5.75 Å². The zero-order valence-electron chi connectivity index (χ0n) is 14.4. The quantitative estimate of drug-likeness (QED) is 0.682. The summed E-state index contributed by atoms with van der Waals surface area (Å²) in [4.78, 5) is 31.3. The van der Waals surface area contributed by atoms with E-state index in [-0.39, 0.29) is 28.8 Å². The Morgan fingerprint density at radius 2 is 2.15 bits per heavy atom. The Morgan fingerprint density at radius 3 is 2.81 bits per heavy atom. The number of methoxy groups -OCH3 is 1. The maximum absolute atomic E-state index is 12.6. The molecule has 7 nitrogen and oxygen atoms in total. The minimum Gasteiger partial charge on any atom is -0.491 e. The first-order chi connectivity index (χ1) is 12.7. The molecule has 1 amide bonds. The predicted molar refractivity (Wildman–Crippen MR) is 97.1 cm³/mol. The van der Waals surface area contributed by atoms with Crippen LogP contribution in [0.3, 0.4) is 0 Å². The van der Waals surface area contributed by atoms with Gasteiger partial charge in [0.1, 0.15) is 5.69 Å². The van der Waals surface area contributed by atoms with Gasteiger partial charge in [0, 0.05) is 31.2 Å². The number of imidazole rings is 1. The normalized spacial score (nSPS) is 11.7. The van der Waals surface area contributed by atoms with Gasteiger partial charge in [0.15, 0.2) is 5.75 Å². The summed E-state index contributed by atoms with van der Waals surface area (Å²) in [6.45, 7) is 0.707. The lowest BCUT2D eigenvalue weighted by atomic mass is 10.0. The van der Waals surface area contributed by atoms with E-state index in [1.54, 1.807) is 12.5 Å². The molecule has 0 saturated heterocycles. The lowest BCUT2D eigenvalue weighted by Crippen LogP contribution is -2.30. The van der Waals surface area contributed by atoms with Gasteiger partial charge in [0.25, 0.3) is 5.91 Å². The van der Waals surface area contributed by atoms with Gasteiger partial charge in [-0.15, -0.1) is 0 Å². The molecule has 1 atom stereocenters. The highest BCUT2D eigenvalue weighted by Gasteiger charge is 2.17. The summed E-state index contributed by atoms with van der Waals surface area (Å²) in [5.41, 5.74) is 0.849. The number of benzene rings is 1. The average molecular weight is 352 g/mol. The number of aromatic amines is 1. The highest BCUT2D eigenvalue weighted by atomic mass is 16.5. The molecule has 0 radical (unpaired) electrons. The third-order valence-corrected chi connectivity index (χ3v) is 4.08. The number of ether oxygens (including phenoxy) is 1. The molecule has 2 heterocycles. The number of carbonyl (C=O) groups is 1. The third kappa shape index (κ3) is 4.18. The van der Waals surface area contributed by atoms with Crippen molar-refractivity contribution in [2.45, 2.75) is 19.0 Å². The lowest BCUT2D eigenvalue weighted by Gasteiger charge is -2.19. The smallest absolute Gasteiger partial charge is 0.268 e. The molecule has 3 rings (SSSR count). The molecule has 2 aromatic heterocycles. The zero-order chi connectivity index (χ0) is 18.4. The summed E-state index contributed by atoms with van der Waals surface area (Å²) >= 11 is 0. The standard InChI is InChI=1S/C19H20N4O3/c1-26-18-12-21-16(11-17(18)24)19(25)22-15(14-5-3-2-4-6-14)7-9-23-10-8-20-13-23/h2-6,8,10-13,15H,7,9H2,1H3,(H,21,24)(H,22,25)/t15-/m0/s1. The molecular weight excluding hydrogens is 332 g/mol. The van der Waals surface area contributed by atoms with E-state index in [1.165, 1.54) is 19.4 Å². The van der Waals surface area contributed by atoms with Crippen LogP contribution in [0.5, 0.6) is 5.75 Å². The Labute approximate surface area is 150 Å². The Bertz CT molecular complexity index is 904. The van der Waals surface area contributed by atoms with E-state index in [1.807, 2.05) is 41.1 Å². The van der Waals surface area contributed by atoms with E-state index in [9.17, 15) is 9.59 Å². The van der Waals surface area contributed by atoms with Crippen molar-refractivity contribution >= 4 is 5.91 Å². The molecule has 0 aliphatic heterocycles. The number of nitrogens with zero attached hydrogens (tertiary/aromatic N) is 2. The van der Waals surface area contributed by atoms with Gasteiger partial charge in [0.05, 0.1) is 19.5 Å². The Hall–Kier alpha value is -3.35. The summed E-state index contributed by atoms with van der Waals surface area (Å²) in [6, 6.07) is 10.8. The molecule has 3 aromatic rings. The van der Waals surface area contributed by atoms with Crippen LogP contribution >= 0.6 is 0 Å². The summed E-state index contributed by atoms with van der Waals surface area (Å²) in [5.74, 6) is -0.175. The number of carbonyl (C=O) groups excluding carboxylic acids is 1. The van der Waals surface area contributed by atoms with Crippen molar-refractivity contribution < 1.29 is 9.53 Å². The number of rotatable bonds is 7. The second-order valence-corrected chi connectivity index (χ2v) is 5.81. The van der Waals surface area contributed by atoms with Gasteiger partial charge < -0.3 is 19.6 Å². The summed E-state index contributed by atoms with van der Waals surface area (Å²) in [7, 11) is 1.41. The number of pyridine rings is 1. The number of H-pyrrole nitrogens is 1. The molecule has 1 aromatic carbocycles. The number of amides is 1. The SMILES string of the molecule is COc1c[nH]c(C(=O)N[C@@H](CCn2ccnc2)c2ccccc2)cc1=O. The molecule has 0 aliphatic carbocycles. The topological polar surface area (TPSA) is 89.0 Å². The minimum atomic E-state index is -0.343. The second-order valence-electron chi connectivity index (χ2n) is 5.81. The Balaban J connectivity index is 1.77. The van der Waals surface area contributed by atoms with E-state index in [4.69, 9.17) is 4.74 Å². The highest BCUT2D eigenvalue weighted by Crippen LogP contribution is 2.18. The number of aromatic nitrogens is 3. The molecule has 0 bridgehead atoms. The van der Waals surface area contributed by atoms with Gasteiger partial charge in [-0.1, -0.05) is 30.3 Å². The maximum atomic E-state index is 12.6. The van der Waals surface area contributed by atoms with Crippen LogP contribution < -0.4 is 15.5 Å². The Kier molecular flexibility index (Phi) is 5.48. The molecule has 2 N–H and O–H groups in total. The first-order valence-electron chi connectivity index (χ1n) is 8.25. The lowest BCUT2D eigenvalue weighted by molar-refractivity contribution is 0.0928. The monoisotopic (exact) mass is 352 g/mol. The first-order valence-corrected chi connectivity index (χ1v) is 8.25. The van der Waals surface area contributed by atoms with Crippen LogP contribution in [0.15, 0.2) is 66.1 Å². The molecule has 0 fully saturated rings. The number of hydrogen-bond donors (Lipinski definition) is 2. The van der Waals surface area contributed by atoms with Crippen molar-refractivity contribution in [3.05, 3.63) is 82.8 Å². The largest absolute Gasteiger partial charge is 0.491 e. The van der Waals surface area contributed by atoms with Gasteiger partial charge >= 0.3 is 0 Å². The maximum Gasteiger partial charge on any atom is 0.268 e. The van der Waals surface area contributed by atoms with E-state index >= 15 is 0 Å². The van der Waals surface area contributed by atoms with Crippen LogP contribution in [0.2, 0.25) is 0 Å². The van der Waals surface area contributed by atoms with Gasteiger partial charge in [-0.2, -0.15) is 0 Å². The van der Waals surface area contributed by atoms with Crippen molar-refractivity contribution in [2.75, 3.05) is 7.11 Å². The van der Waals surface area contributed by atoms with Crippen LogP contribution in [-0.2, 0) is 6.54 Å². The van der Waals surface area contributed by atoms with Crippen LogP contribution in [0.4, 0.5) is 0 Å². The minimum absolute atomic E-state index is 0.168. The van der Waals surface area contributed by atoms with Crippen LogP contribution in [0.25, 0.3) is 0 Å². The summed E-state index contributed by atoms with van der Waals surface area (Å²) in [5, 5.41) is 2.99. The number of nitrogens with one attached hydrogen (secondary N) is 2. The van der Waals surface area contributed by atoms with E-state index in [0.29, 0.717) is 13.0 Å². The molecule has 7 heteroatoms. The van der Waals surface area contributed by atoms with Crippen molar-refractivity contribution in [1.82, 2.24) is 19.9 Å². The number of aryl methyl sites for hydroxylation is 1. The summed E-state index contributed by atoms with van der Waals surface area (Å²) in [6.07, 6.45) is 7.42. The molecule has 26 heavy (non-hydrogen) atoms. The average Bonchev–Trinajstić information content (AvgIpc) is 3.19. The predicted octanol–water partition coefficient (Wildman–Crippen LogP) is 2.14. The highest BCUT2D eigenvalue weighted by molar-refractivity contribution is 5.92. The van der Waals surface area contributed by atoms with Crippen LogP contribution in [0.1, 0.15) is 28.5 Å². The van der Waals surface area contributed by atoms with Crippen LogP contribution in [-0.4, -0.2) is 27.6 Å². The molecule has 0 unspecified atom stereocenters. The molecular formula is C19H20N4O3. The zero-order valence-corrected chi connectivity index (χ0v) is 14.4. The molecule has 0 aliphatic rings. The fraction of sp³-hybridized carbons (Fsp3) is 0.211. The van der Waals surface area contributed by atoms with E-state index in [0.717, 1.165) is 5.56 Å². The third-order valence-electron chi connectivity index (χ3n) is 4.08. The van der Waals surface area contributed by atoms with Gasteiger partial charge in [-0.3, -0.25) is 9.59 Å². The second kappa shape index (κ2) is 8.15. The van der Waals surface area contributed by atoms with Crippen molar-refractivity contribution in [3.63, 3.8) is 0 Å². The Morgan fingerprint density at radius 1 is 1.35 bits per heavy atom. The van der Waals surface area contributed by atoms with Crippen molar-refractivity contribution in [2.24, 2.45) is 0 Å². The fourth-order valence-electron chi connectivity index (χ4n) is 2.69. The van der Waals surface area contributed by atoms with Gasteiger partial charge in [-0.05, 0) is 12.0 Å². The van der Waals surface area contributed by atoms with Gasteiger partial charge in [-0.25, -0.2) is 4.98 Å². The van der Waals surface area contributed by atoms with Gasteiger partial charge in [0.2, 0.25) is 5.43 Å². The molecule has 0 spiro atoms. The molecule has 0 saturated carbocycles. The molecule has 134 valence electrons. The van der Waals surface area contributed by atoms with Crippen LogP contribution in [0, 0.1) is 0 Å².